The smallest absolute Gasteiger partial charge is 0.112 e. The largest absolute Gasteiger partial charge is 0.381 e. The fraction of sp³-hybridized carbons (Fsp3) is 0.500. The molecule has 0 aliphatic carbocycles. The first kappa shape index (κ1) is 13.1. The zero-order valence-electron chi connectivity index (χ0n) is 11.8. The van der Waals surface area contributed by atoms with E-state index in [1.54, 1.807) is 0 Å². The van der Waals surface area contributed by atoms with E-state index in [1.165, 1.54) is 16.9 Å². The summed E-state index contributed by atoms with van der Waals surface area (Å²) in [4.78, 5) is 4.80. The number of aryl methyl sites for hydroxylation is 2. The average molecular weight is 269 g/mol. The molecule has 0 unspecified atom stereocenters. The monoisotopic (exact) mass is 269 g/mol. The van der Waals surface area contributed by atoms with E-state index in [1.807, 2.05) is 0 Å². The lowest BCUT2D eigenvalue weighted by molar-refractivity contribution is 0.0831. The Morgan fingerprint density at radius 2 is 2.20 bits per heavy atom. The molecular weight excluding hydrogens is 250 g/mol. The number of rotatable bonds is 3. The molecule has 3 rings (SSSR count). The van der Waals surface area contributed by atoms with Crippen LogP contribution in [0.3, 0.4) is 0 Å². The molecule has 1 aromatic heterocycles. The number of aromatic nitrogens is 2. The van der Waals surface area contributed by atoms with Gasteiger partial charge in [-0.1, -0.05) is 6.07 Å². The highest BCUT2D eigenvalue weighted by molar-refractivity contribution is 5.77. The topological polar surface area (TPSA) is 50.8 Å². The normalized spacial score (nSPS) is 16.4. The second-order valence-corrected chi connectivity index (χ2v) is 5.40. The Labute approximate surface area is 119 Å². The number of ether oxygens (including phenoxy) is 1. The molecule has 0 bridgehead atoms. The summed E-state index contributed by atoms with van der Waals surface area (Å²) in [6, 6.07) is 8.53. The molecule has 0 N–H and O–H groups in total. The summed E-state index contributed by atoms with van der Waals surface area (Å²) in [7, 11) is 2.09. The SMILES string of the molecule is Cn1c(C2CCOCC2)nc2ccc(CCC#N)cc21. The van der Waals surface area contributed by atoms with Gasteiger partial charge in [-0.3, -0.25) is 0 Å². The van der Waals surface area contributed by atoms with Gasteiger partial charge in [-0.05, 0) is 37.0 Å². The minimum absolute atomic E-state index is 0.503. The minimum Gasteiger partial charge on any atom is -0.381 e. The summed E-state index contributed by atoms with van der Waals surface area (Å²) in [5.41, 5.74) is 3.43. The first-order valence-electron chi connectivity index (χ1n) is 7.19. The lowest BCUT2D eigenvalue weighted by atomic mass is 9.99. The standard InChI is InChI=1S/C16H19N3O/c1-19-15-11-12(3-2-8-17)4-5-14(15)18-16(19)13-6-9-20-10-7-13/h4-5,11,13H,2-3,6-7,9-10H2,1H3. The van der Waals surface area contributed by atoms with E-state index in [0.29, 0.717) is 12.3 Å². The van der Waals surface area contributed by atoms with Crippen LogP contribution in [0.5, 0.6) is 0 Å². The molecule has 104 valence electrons. The van der Waals surface area contributed by atoms with Gasteiger partial charge in [-0.25, -0.2) is 4.98 Å². The van der Waals surface area contributed by atoms with Crippen molar-refractivity contribution in [2.75, 3.05) is 13.2 Å². The number of imidazole rings is 1. The molecule has 0 radical (unpaired) electrons. The van der Waals surface area contributed by atoms with Crippen LogP contribution in [-0.4, -0.2) is 22.8 Å². The molecule has 0 saturated carbocycles. The Balaban J connectivity index is 1.95. The lowest BCUT2D eigenvalue weighted by Gasteiger charge is -2.21. The summed E-state index contributed by atoms with van der Waals surface area (Å²) >= 11 is 0. The molecular formula is C16H19N3O. The van der Waals surface area contributed by atoms with Crippen LogP contribution in [0, 0.1) is 11.3 Å². The molecule has 2 heterocycles. The molecule has 1 aliphatic heterocycles. The highest BCUT2D eigenvalue weighted by Gasteiger charge is 2.21. The molecule has 20 heavy (non-hydrogen) atoms. The third kappa shape index (κ3) is 2.41. The van der Waals surface area contributed by atoms with E-state index in [0.717, 1.165) is 38.0 Å². The van der Waals surface area contributed by atoms with Gasteiger partial charge >= 0.3 is 0 Å². The summed E-state index contributed by atoms with van der Waals surface area (Å²) in [5, 5.41) is 8.69. The van der Waals surface area contributed by atoms with Gasteiger partial charge in [0.25, 0.3) is 0 Å². The van der Waals surface area contributed by atoms with Crippen LogP contribution < -0.4 is 0 Å². The van der Waals surface area contributed by atoms with Gasteiger partial charge in [0.15, 0.2) is 0 Å². The van der Waals surface area contributed by atoms with Gasteiger partial charge in [0.05, 0.1) is 17.1 Å². The number of fused-ring (bicyclic) bond motifs is 1. The molecule has 1 saturated heterocycles. The first-order valence-corrected chi connectivity index (χ1v) is 7.19. The van der Waals surface area contributed by atoms with Crippen LogP contribution in [0.1, 0.15) is 36.6 Å². The van der Waals surface area contributed by atoms with Gasteiger partial charge in [0, 0.05) is 32.6 Å². The van der Waals surface area contributed by atoms with Crippen molar-refractivity contribution in [2.45, 2.75) is 31.6 Å². The van der Waals surface area contributed by atoms with E-state index in [9.17, 15) is 0 Å². The van der Waals surface area contributed by atoms with Crippen LogP contribution >= 0.6 is 0 Å². The molecule has 1 aromatic carbocycles. The Morgan fingerprint density at radius 1 is 1.40 bits per heavy atom. The molecule has 2 aromatic rings. The highest BCUT2D eigenvalue weighted by atomic mass is 16.5. The van der Waals surface area contributed by atoms with E-state index in [-0.39, 0.29) is 0 Å². The summed E-state index contributed by atoms with van der Waals surface area (Å²) < 4.78 is 7.64. The molecule has 4 heteroatoms. The quantitative estimate of drug-likeness (QED) is 0.860. The fourth-order valence-electron chi connectivity index (χ4n) is 2.93. The molecule has 1 aliphatic rings. The molecule has 4 nitrogen and oxygen atoms in total. The zero-order valence-corrected chi connectivity index (χ0v) is 11.8. The van der Waals surface area contributed by atoms with Gasteiger partial charge in [-0.15, -0.1) is 0 Å². The van der Waals surface area contributed by atoms with E-state index >= 15 is 0 Å². The average Bonchev–Trinajstić information content (AvgIpc) is 2.83. The molecule has 0 atom stereocenters. The van der Waals surface area contributed by atoms with Crippen molar-refractivity contribution in [1.29, 1.82) is 5.26 Å². The minimum atomic E-state index is 0.503. The number of benzene rings is 1. The lowest BCUT2D eigenvalue weighted by Crippen LogP contribution is -2.17. The highest BCUT2D eigenvalue weighted by Crippen LogP contribution is 2.29. The van der Waals surface area contributed by atoms with Crippen LogP contribution in [-0.2, 0) is 18.2 Å². The van der Waals surface area contributed by atoms with Gasteiger partial charge < -0.3 is 9.30 Å². The van der Waals surface area contributed by atoms with Crippen molar-refractivity contribution in [1.82, 2.24) is 9.55 Å². The van der Waals surface area contributed by atoms with Gasteiger partial charge in [0.1, 0.15) is 5.82 Å². The van der Waals surface area contributed by atoms with E-state index < -0.39 is 0 Å². The van der Waals surface area contributed by atoms with Gasteiger partial charge in [0.2, 0.25) is 0 Å². The molecule has 0 amide bonds. The summed E-state index contributed by atoms with van der Waals surface area (Å²) in [6.07, 6.45) is 3.48. The van der Waals surface area contributed by atoms with E-state index in [2.05, 4.69) is 35.9 Å². The Kier molecular flexibility index (Phi) is 3.70. The van der Waals surface area contributed by atoms with Crippen molar-refractivity contribution in [3.8, 4) is 6.07 Å². The maximum Gasteiger partial charge on any atom is 0.112 e. The number of hydrogen-bond donors (Lipinski definition) is 0. The maximum atomic E-state index is 8.69. The van der Waals surface area contributed by atoms with Crippen molar-refractivity contribution in [2.24, 2.45) is 7.05 Å². The third-order valence-electron chi connectivity index (χ3n) is 4.09. The second kappa shape index (κ2) is 5.64. The first-order chi connectivity index (χ1) is 9.79. The number of nitrogens with zero attached hydrogens (tertiary/aromatic N) is 3. The fourth-order valence-corrected chi connectivity index (χ4v) is 2.93. The van der Waals surface area contributed by atoms with Crippen molar-refractivity contribution in [3.63, 3.8) is 0 Å². The van der Waals surface area contributed by atoms with Crippen molar-refractivity contribution < 1.29 is 4.74 Å². The van der Waals surface area contributed by atoms with Crippen LogP contribution in [0.4, 0.5) is 0 Å². The van der Waals surface area contributed by atoms with Crippen molar-refractivity contribution in [3.05, 3.63) is 29.6 Å². The molecule has 1 fully saturated rings. The Morgan fingerprint density at radius 3 is 2.95 bits per heavy atom. The predicted molar refractivity (Wildman–Crippen MR) is 77.4 cm³/mol. The maximum absolute atomic E-state index is 8.69. The van der Waals surface area contributed by atoms with Crippen molar-refractivity contribution >= 4 is 11.0 Å². The van der Waals surface area contributed by atoms with Gasteiger partial charge in [-0.2, -0.15) is 5.26 Å². The third-order valence-corrected chi connectivity index (χ3v) is 4.09. The van der Waals surface area contributed by atoms with Crippen LogP contribution in [0.15, 0.2) is 18.2 Å². The number of hydrogen-bond acceptors (Lipinski definition) is 3. The summed E-state index contributed by atoms with van der Waals surface area (Å²) in [6.45, 7) is 1.67. The summed E-state index contributed by atoms with van der Waals surface area (Å²) in [5.74, 6) is 1.67. The molecule has 0 spiro atoms. The number of nitriles is 1. The second-order valence-electron chi connectivity index (χ2n) is 5.40. The zero-order chi connectivity index (χ0) is 13.9. The van der Waals surface area contributed by atoms with Crippen LogP contribution in [0.2, 0.25) is 0 Å². The van der Waals surface area contributed by atoms with E-state index in [4.69, 9.17) is 15.0 Å². The predicted octanol–water partition coefficient (Wildman–Crippen LogP) is 2.92. The van der Waals surface area contributed by atoms with Crippen LogP contribution in [0.25, 0.3) is 11.0 Å². The Bertz CT molecular complexity index is 648. The Hall–Kier alpha value is -1.86.